The molecule has 1 aromatic heterocycles. The van der Waals surface area contributed by atoms with E-state index in [-0.39, 0.29) is 5.43 Å². The number of carboxylic acids is 1. The van der Waals surface area contributed by atoms with Gasteiger partial charge in [-0.15, -0.1) is 0 Å². The second-order valence-corrected chi connectivity index (χ2v) is 4.40. The lowest BCUT2D eigenvalue weighted by atomic mass is 9.93. The molecule has 1 aliphatic carbocycles. The van der Waals surface area contributed by atoms with E-state index in [9.17, 15) is 9.59 Å². The summed E-state index contributed by atoms with van der Waals surface area (Å²) < 4.78 is 0. The smallest absolute Gasteiger partial charge is 0.328 e. The number of aromatic amines is 1. The molecule has 0 aliphatic heterocycles. The van der Waals surface area contributed by atoms with Crippen LogP contribution in [0.1, 0.15) is 17.7 Å². The van der Waals surface area contributed by atoms with Gasteiger partial charge >= 0.3 is 5.97 Å². The van der Waals surface area contributed by atoms with E-state index < -0.39 is 5.97 Å². The van der Waals surface area contributed by atoms with Crippen molar-refractivity contribution in [1.82, 2.24) is 4.98 Å². The van der Waals surface area contributed by atoms with Gasteiger partial charge in [0.2, 0.25) is 0 Å². The Morgan fingerprint density at radius 1 is 1.32 bits per heavy atom. The van der Waals surface area contributed by atoms with Gasteiger partial charge < -0.3 is 10.1 Å². The molecule has 0 bridgehead atoms. The Morgan fingerprint density at radius 3 is 2.89 bits per heavy atom. The average Bonchev–Trinajstić information content (AvgIpc) is 2.38. The summed E-state index contributed by atoms with van der Waals surface area (Å²) in [6.07, 6.45) is 5.23. The Bertz CT molecular complexity index is 797. The van der Waals surface area contributed by atoms with Crippen LogP contribution in [0.3, 0.4) is 0 Å². The van der Waals surface area contributed by atoms with E-state index in [4.69, 9.17) is 5.11 Å². The number of nitrogens with one attached hydrogen (secondary N) is 1. The van der Waals surface area contributed by atoms with Crippen molar-refractivity contribution in [1.29, 1.82) is 0 Å². The zero-order valence-electron chi connectivity index (χ0n) is 10.0. The first-order valence-corrected chi connectivity index (χ1v) is 5.92. The number of carbonyl (C=O) groups is 1. The van der Waals surface area contributed by atoms with Gasteiger partial charge in [-0.1, -0.05) is 18.2 Å². The molecule has 0 saturated carbocycles. The highest BCUT2D eigenvalue weighted by Gasteiger charge is 2.17. The second kappa shape index (κ2) is 4.24. The first-order valence-electron chi connectivity index (χ1n) is 5.92. The first-order chi connectivity index (χ1) is 9.16. The van der Waals surface area contributed by atoms with Gasteiger partial charge in [0.15, 0.2) is 5.43 Å². The van der Waals surface area contributed by atoms with Gasteiger partial charge in [-0.05, 0) is 30.2 Å². The van der Waals surface area contributed by atoms with E-state index in [1.165, 1.54) is 0 Å². The molecule has 1 aromatic carbocycles. The van der Waals surface area contributed by atoms with Crippen molar-refractivity contribution in [2.45, 2.75) is 6.42 Å². The molecule has 19 heavy (non-hydrogen) atoms. The van der Waals surface area contributed by atoms with Crippen LogP contribution in [0.2, 0.25) is 0 Å². The lowest BCUT2D eigenvalue weighted by Gasteiger charge is -2.14. The normalized spacial score (nSPS) is 15.7. The molecule has 1 aliphatic rings. The van der Waals surface area contributed by atoms with Crippen molar-refractivity contribution in [2.24, 2.45) is 0 Å². The first kappa shape index (κ1) is 11.5. The third kappa shape index (κ3) is 1.87. The fourth-order valence-electron chi connectivity index (χ4n) is 2.38. The molecule has 0 saturated heterocycles. The van der Waals surface area contributed by atoms with E-state index in [2.05, 4.69) is 4.98 Å². The van der Waals surface area contributed by atoms with Crippen LogP contribution in [-0.2, 0) is 4.79 Å². The second-order valence-electron chi connectivity index (χ2n) is 4.40. The van der Waals surface area contributed by atoms with Gasteiger partial charge in [0.1, 0.15) is 0 Å². The summed E-state index contributed by atoms with van der Waals surface area (Å²) in [7, 11) is 0. The maximum Gasteiger partial charge on any atom is 0.328 e. The summed E-state index contributed by atoms with van der Waals surface area (Å²) in [6, 6.07) is 7.22. The largest absolute Gasteiger partial charge is 0.478 e. The zero-order valence-corrected chi connectivity index (χ0v) is 10.0. The molecule has 0 atom stereocenters. The van der Waals surface area contributed by atoms with Crippen molar-refractivity contribution < 1.29 is 9.90 Å². The minimum atomic E-state index is -1.04. The van der Waals surface area contributed by atoms with Crippen LogP contribution in [-0.4, -0.2) is 16.1 Å². The number of carboxylic acid groups (broad SMARTS) is 1. The number of pyridine rings is 1. The Labute approximate surface area is 108 Å². The van der Waals surface area contributed by atoms with Gasteiger partial charge in [0.05, 0.1) is 0 Å². The van der Waals surface area contributed by atoms with Crippen LogP contribution < -0.4 is 5.43 Å². The molecule has 4 heteroatoms. The molecule has 0 amide bonds. The van der Waals surface area contributed by atoms with Crippen molar-refractivity contribution >= 4 is 28.5 Å². The van der Waals surface area contributed by atoms with Crippen LogP contribution >= 0.6 is 0 Å². The Balaban J connectivity index is 2.39. The van der Waals surface area contributed by atoms with Crippen molar-refractivity contribution in [3.8, 4) is 0 Å². The lowest BCUT2D eigenvalue weighted by Crippen LogP contribution is -2.15. The average molecular weight is 253 g/mol. The monoisotopic (exact) mass is 253 g/mol. The number of aromatic nitrogens is 1. The number of hydrogen-bond acceptors (Lipinski definition) is 2. The molecule has 2 N–H and O–H groups in total. The van der Waals surface area contributed by atoms with E-state index in [1.54, 1.807) is 12.1 Å². The number of hydrogen-bond donors (Lipinski definition) is 2. The highest BCUT2D eigenvalue weighted by molar-refractivity contribution is 5.95. The van der Waals surface area contributed by atoms with Crippen LogP contribution in [0.4, 0.5) is 0 Å². The third-order valence-corrected chi connectivity index (χ3v) is 3.18. The molecular formula is C15H11NO3. The van der Waals surface area contributed by atoms with E-state index in [1.807, 2.05) is 24.3 Å². The number of fused-ring (bicyclic) bond motifs is 2. The van der Waals surface area contributed by atoms with Crippen LogP contribution in [0.25, 0.3) is 22.6 Å². The van der Waals surface area contributed by atoms with E-state index in [0.29, 0.717) is 28.6 Å². The Morgan fingerprint density at radius 2 is 2.11 bits per heavy atom. The summed E-state index contributed by atoms with van der Waals surface area (Å²) in [6.45, 7) is 0. The predicted octanol–water partition coefficient (Wildman–Crippen LogP) is 2.41. The molecule has 94 valence electrons. The maximum absolute atomic E-state index is 12.5. The van der Waals surface area contributed by atoms with Crippen molar-refractivity contribution in [2.75, 3.05) is 0 Å². The number of allylic oxidation sites excluding steroid dienone is 2. The molecule has 0 unspecified atom stereocenters. The van der Waals surface area contributed by atoms with Crippen molar-refractivity contribution in [3.05, 3.63) is 57.9 Å². The molecule has 4 nitrogen and oxygen atoms in total. The number of benzene rings is 1. The summed E-state index contributed by atoms with van der Waals surface area (Å²) in [5.41, 5.74) is 2.30. The molecule has 3 rings (SSSR count). The van der Waals surface area contributed by atoms with E-state index >= 15 is 0 Å². The Hall–Kier alpha value is -2.62. The van der Waals surface area contributed by atoms with Gasteiger partial charge in [-0.2, -0.15) is 0 Å². The van der Waals surface area contributed by atoms with Crippen LogP contribution in [0.15, 0.2) is 41.2 Å². The minimum absolute atomic E-state index is 0.124. The highest BCUT2D eigenvalue weighted by atomic mass is 16.4. The van der Waals surface area contributed by atoms with E-state index in [0.717, 1.165) is 11.6 Å². The summed E-state index contributed by atoms with van der Waals surface area (Å²) in [5, 5.41) is 9.46. The van der Waals surface area contributed by atoms with Crippen LogP contribution in [0.5, 0.6) is 0 Å². The topological polar surface area (TPSA) is 70.2 Å². The quantitative estimate of drug-likeness (QED) is 0.767. The SMILES string of the molecule is O=C(O)C=C1CC=Cc2[nH]c3ccccc3c(=O)c21. The molecule has 0 spiro atoms. The summed E-state index contributed by atoms with van der Waals surface area (Å²) in [4.78, 5) is 26.5. The van der Waals surface area contributed by atoms with Gasteiger partial charge in [0.25, 0.3) is 0 Å². The minimum Gasteiger partial charge on any atom is -0.478 e. The zero-order chi connectivity index (χ0) is 13.4. The van der Waals surface area contributed by atoms with Gasteiger partial charge in [-0.25, -0.2) is 4.79 Å². The predicted molar refractivity (Wildman–Crippen MR) is 73.8 cm³/mol. The molecule has 0 fully saturated rings. The maximum atomic E-state index is 12.5. The summed E-state index contributed by atoms with van der Waals surface area (Å²) in [5.74, 6) is -1.04. The highest BCUT2D eigenvalue weighted by Crippen LogP contribution is 2.26. The Kier molecular flexibility index (Phi) is 2.56. The fraction of sp³-hybridized carbons (Fsp3) is 0.0667. The number of rotatable bonds is 1. The van der Waals surface area contributed by atoms with Crippen LogP contribution in [0, 0.1) is 0 Å². The molecule has 0 radical (unpaired) electrons. The van der Waals surface area contributed by atoms with Gasteiger partial charge in [-0.3, -0.25) is 4.79 Å². The summed E-state index contributed by atoms with van der Waals surface area (Å²) >= 11 is 0. The van der Waals surface area contributed by atoms with Crippen molar-refractivity contribution in [3.63, 3.8) is 0 Å². The molecule has 1 heterocycles. The fourth-order valence-corrected chi connectivity index (χ4v) is 2.38. The molecule has 2 aromatic rings. The molecular weight excluding hydrogens is 242 g/mol. The third-order valence-electron chi connectivity index (χ3n) is 3.18. The van der Waals surface area contributed by atoms with Gasteiger partial charge in [0, 0.05) is 28.2 Å². The lowest BCUT2D eigenvalue weighted by molar-refractivity contribution is -0.131. The standard InChI is InChI=1S/C15H11NO3/c17-13(18)8-9-4-3-7-12-14(9)15(19)10-5-1-2-6-11(10)16-12/h1-3,5-8H,4H2,(H,16,19)(H,17,18). The number of aliphatic carboxylic acids is 1. The number of H-pyrrole nitrogens is 1. The number of para-hydroxylation sites is 1.